The van der Waals surface area contributed by atoms with E-state index in [2.05, 4.69) is 9.97 Å². The lowest BCUT2D eigenvalue weighted by Crippen LogP contribution is -2.04. The van der Waals surface area contributed by atoms with Gasteiger partial charge in [0.1, 0.15) is 11.6 Å². The second kappa shape index (κ2) is 4.91. The van der Waals surface area contributed by atoms with Gasteiger partial charge < -0.3 is 5.73 Å². The number of nitrogens with zero attached hydrogens (tertiary/aromatic N) is 2. The largest absolute Gasteiger partial charge is 0.384 e. The van der Waals surface area contributed by atoms with Crippen molar-refractivity contribution in [3.63, 3.8) is 0 Å². The molecule has 0 aliphatic heterocycles. The van der Waals surface area contributed by atoms with Gasteiger partial charge in [-0.2, -0.15) is 0 Å². The van der Waals surface area contributed by atoms with E-state index in [4.69, 9.17) is 5.73 Å². The van der Waals surface area contributed by atoms with Crippen molar-refractivity contribution in [2.45, 2.75) is 26.7 Å². The summed E-state index contributed by atoms with van der Waals surface area (Å²) in [4.78, 5) is 8.32. The van der Waals surface area contributed by atoms with E-state index in [1.165, 1.54) is 25.1 Å². The Kier molecular flexibility index (Phi) is 3.46. The SMILES string of the molecule is Cc1ccc(-c2cc(N)nc(C(C)C)n2)c(F)c1F. The summed E-state index contributed by atoms with van der Waals surface area (Å²) in [5.74, 6) is -0.960. The normalized spacial score (nSPS) is 11.1. The van der Waals surface area contributed by atoms with Crippen molar-refractivity contribution >= 4 is 5.82 Å². The number of hydrogen-bond acceptors (Lipinski definition) is 3. The summed E-state index contributed by atoms with van der Waals surface area (Å²) in [6, 6.07) is 4.46. The minimum absolute atomic E-state index is 0.0561. The molecule has 2 N–H and O–H groups in total. The van der Waals surface area contributed by atoms with Crippen molar-refractivity contribution in [1.29, 1.82) is 0 Å². The zero-order valence-corrected chi connectivity index (χ0v) is 11.0. The van der Waals surface area contributed by atoms with Crippen LogP contribution >= 0.6 is 0 Å². The summed E-state index contributed by atoms with van der Waals surface area (Å²) in [5, 5.41) is 0. The maximum Gasteiger partial charge on any atom is 0.168 e. The van der Waals surface area contributed by atoms with Crippen molar-refractivity contribution in [2.24, 2.45) is 0 Å². The van der Waals surface area contributed by atoms with Gasteiger partial charge in [0.15, 0.2) is 11.6 Å². The lowest BCUT2D eigenvalue weighted by Gasteiger charge is -2.10. The maximum atomic E-state index is 13.9. The van der Waals surface area contributed by atoms with Crippen LogP contribution in [-0.4, -0.2) is 9.97 Å². The van der Waals surface area contributed by atoms with Gasteiger partial charge in [-0.15, -0.1) is 0 Å². The molecule has 2 rings (SSSR count). The number of rotatable bonds is 2. The topological polar surface area (TPSA) is 51.8 Å². The van der Waals surface area contributed by atoms with E-state index in [0.717, 1.165) is 0 Å². The first kappa shape index (κ1) is 13.4. The average Bonchev–Trinajstić information content (AvgIpc) is 2.35. The number of hydrogen-bond donors (Lipinski definition) is 1. The summed E-state index contributed by atoms with van der Waals surface area (Å²) in [5.41, 5.74) is 6.34. The van der Waals surface area contributed by atoms with Crippen LogP contribution in [0.3, 0.4) is 0 Å². The van der Waals surface area contributed by atoms with Crippen molar-refractivity contribution in [1.82, 2.24) is 9.97 Å². The summed E-state index contributed by atoms with van der Waals surface area (Å²) in [6.45, 7) is 5.32. The Balaban J connectivity index is 2.62. The third-order valence-electron chi connectivity index (χ3n) is 2.83. The Labute approximate surface area is 110 Å². The number of anilines is 1. The van der Waals surface area contributed by atoms with Crippen LogP contribution in [0.4, 0.5) is 14.6 Å². The van der Waals surface area contributed by atoms with Crippen LogP contribution in [0.1, 0.15) is 31.2 Å². The molecule has 0 saturated carbocycles. The standard InChI is InChI=1S/C14H15F2N3/c1-7(2)14-18-10(6-11(17)19-14)9-5-4-8(3)12(15)13(9)16/h4-7H,1-3H3,(H2,17,18,19). The van der Waals surface area contributed by atoms with E-state index in [-0.39, 0.29) is 22.9 Å². The fourth-order valence-electron chi connectivity index (χ4n) is 1.73. The van der Waals surface area contributed by atoms with Gasteiger partial charge in [-0.05, 0) is 18.6 Å². The smallest absolute Gasteiger partial charge is 0.168 e. The second-order valence-electron chi connectivity index (χ2n) is 4.75. The molecule has 0 bridgehead atoms. The van der Waals surface area contributed by atoms with Gasteiger partial charge in [-0.25, -0.2) is 18.7 Å². The van der Waals surface area contributed by atoms with Crippen LogP contribution in [0, 0.1) is 18.6 Å². The molecule has 1 heterocycles. The number of aromatic nitrogens is 2. The predicted octanol–water partition coefficient (Wildman–Crippen LogP) is 3.44. The molecule has 100 valence electrons. The van der Waals surface area contributed by atoms with Gasteiger partial charge in [-0.3, -0.25) is 0 Å². The average molecular weight is 263 g/mol. The van der Waals surface area contributed by atoms with Gasteiger partial charge in [0.05, 0.1) is 5.69 Å². The highest BCUT2D eigenvalue weighted by Gasteiger charge is 2.15. The highest BCUT2D eigenvalue weighted by molar-refractivity contribution is 5.63. The summed E-state index contributed by atoms with van der Waals surface area (Å²) in [6.07, 6.45) is 0. The Hall–Kier alpha value is -2.04. The molecule has 1 aromatic carbocycles. The monoisotopic (exact) mass is 263 g/mol. The molecular formula is C14H15F2N3. The van der Waals surface area contributed by atoms with Gasteiger partial charge in [0.25, 0.3) is 0 Å². The molecule has 0 aliphatic rings. The molecule has 0 radical (unpaired) electrons. The number of benzene rings is 1. The minimum atomic E-state index is -0.909. The first-order chi connectivity index (χ1) is 8.90. The molecular weight excluding hydrogens is 248 g/mol. The highest BCUT2D eigenvalue weighted by atomic mass is 19.2. The fraction of sp³-hybridized carbons (Fsp3) is 0.286. The predicted molar refractivity (Wildman–Crippen MR) is 70.6 cm³/mol. The van der Waals surface area contributed by atoms with E-state index < -0.39 is 11.6 Å². The lowest BCUT2D eigenvalue weighted by molar-refractivity contribution is 0.505. The highest BCUT2D eigenvalue weighted by Crippen LogP contribution is 2.26. The quantitative estimate of drug-likeness (QED) is 0.903. The van der Waals surface area contributed by atoms with E-state index in [1.54, 1.807) is 0 Å². The number of aryl methyl sites for hydroxylation is 1. The molecule has 0 spiro atoms. The number of nitrogen functional groups attached to an aromatic ring is 1. The molecule has 2 aromatic rings. The van der Waals surface area contributed by atoms with Crippen LogP contribution in [0.2, 0.25) is 0 Å². The third kappa shape index (κ3) is 2.54. The van der Waals surface area contributed by atoms with E-state index >= 15 is 0 Å². The van der Waals surface area contributed by atoms with Gasteiger partial charge >= 0.3 is 0 Å². The zero-order valence-electron chi connectivity index (χ0n) is 11.0. The van der Waals surface area contributed by atoms with Crippen LogP contribution in [0.5, 0.6) is 0 Å². The molecule has 5 heteroatoms. The van der Waals surface area contributed by atoms with Crippen LogP contribution < -0.4 is 5.73 Å². The first-order valence-electron chi connectivity index (χ1n) is 5.99. The maximum absolute atomic E-state index is 13.9. The Morgan fingerprint density at radius 3 is 2.42 bits per heavy atom. The number of nitrogens with two attached hydrogens (primary N) is 1. The first-order valence-corrected chi connectivity index (χ1v) is 5.99. The Bertz CT molecular complexity index is 624. The van der Waals surface area contributed by atoms with Gasteiger partial charge in [-0.1, -0.05) is 19.9 Å². The molecule has 0 atom stereocenters. The molecule has 3 nitrogen and oxygen atoms in total. The molecule has 19 heavy (non-hydrogen) atoms. The molecule has 0 amide bonds. The van der Waals surface area contributed by atoms with E-state index in [9.17, 15) is 8.78 Å². The Morgan fingerprint density at radius 1 is 1.11 bits per heavy atom. The summed E-state index contributed by atoms with van der Waals surface area (Å²) < 4.78 is 27.5. The molecule has 1 aromatic heterocycles. The van der Waals surface area contributed by atoms with Crippen molar-refractivity contribution < 1.29 is 8.78 Å². The lowest BCUT2D eigenvalue weighted by atomic mass is 10.1. The Morgan fingerprint density at radius 2 is 1.79 bits per heavy atom. The minimum Gasteiger partial charge on any atom is -0.384 e. The molecule has 0 fully saturated rings. The summed E-state index contributed by atoms with van der Waals surface area (Å²) >= 11 is 0. The van der Waals surface area contributed by atoms with Crippen molar-refractivity contribution in [3.8, 4) is 11.3 Å². The molecule has 0 saturated heterocycles. The molecule has 0 aliphatic carbocycles. The van der Waals surface area contributed by atoms with Crippen molar-refractivity contribution in [3.05, 3.63) is 41.2 Å². The van der Waals surface area contributed by atoms with E-state index in [1.807, 2.05) is 13.8 Å². The second-order valence-corrected chi connectivity index (χ2v) is 4.75. The van der Waals surface area contributed by atoms with Crippen molar-refractivity contribution in [2.75, 3.05) is 5.73 Å². The van der Waals surface area contributed by atoms with Gasteiger partial charge in [0.2, 0.25) is 0 Å². The summed E-state index contributed by atoms with van der Waals surface area (Å²) in [7, 11) is 0. The fourth-order valence-corrected chi connectivity index (χ4v) is 1.73. The van der Waals surface area contributed by atoms with Crippen LogP contribution in [0.25, 0.3) is 11.3 Å². The van der Waals surface area contributed by atoms with Crippen LogP contribution in [0.15, 0.2) is 18.2 Å². The zero-order chi connectivity index (χ0) is 14.2. The number of halogens is 2. The van der Waals surface area contributed by atoms with Crippen LogP contribution in [-0.2, 0) is 0 Å². The molecule has 0 unspecified atom stereocenters. The van der Waals surface area contributed by atoms with Gasteiger partial charge in [0, 0.05) is 17.5 Å². The van der Waals surface area contributed by atoms with E-state index in [0.29, 0.717) is 11.5 Å². The third-order valence-corrected chi connectivity index (χ3v) is 2.83.